The first-order chi connectivity index (χ1) is 5.42. The minimum absolute atomic E-state index is 0.230. The molecule has 1 fully saturated rings. The van der Waals surface area contributed by atoms with Crippen LogP contribution in [0.25, 0.3) is 0 Å². The molecule has 0 aromatic carbocycles. The van der Waals surface area contributed by atoms with Crippen molar-refractivity contribution in [1.29, 1.82) is 0 Å². The molecule has 0 radical (unpaired) electrons. The van der Waals surface area contributed by atoms with Crippen LogP contribution in [0, 0.1) is 5.92 Å². The van der Waals surface area contributed by atoms with E-state index in [-0.39, 0.29) is 6.04 Å². The number of aromatic nitrogens is 2. The van der Waals surface area contributed by atoms with Crippen molar-refractivity contribution in [2.45, 2.75) is 18.9 Å². The van der Waals surface area contributed by atoms with Crippen LogP contribution in [0.5, 0.6) is 0 Å². The van der Waals surface area contributed by atoms with Gasteiger partial charge in [-0.05, 0) is 30.3 Å². The number of hydrazine groups is 1. The molecule has 1 heterocycles. The van der Waals surface area contributed by atoms with Crippen molar-refractivity contribution in [3.05, 3.63) is 11.1 Å². The number of hydrogen-bond donors (Lipinski definition) is 2. The Morgan fingerprint density at radius 3 is 3.00 bits per heavy atom. The summed E-state index contributed by atoms with van der Waals surface area (Å²) in [7, 11) is 0. The molecule has 0 aliphatic heterocycles. The molecule has 1 aromatic rings. The van der Waals surface area contributed by atoms with Crippen molar-refractivity contribution < 1.29 is 0 Å². The molecule has 1 aliphatic rings. The van der Waals surface area contributed by atoms with E-state index in [0.717, 1.165) is 5.69 Å². The molecule has 5 heteroatoms. The zero-order chi connectivity index (χ0) is 7.68. The van der Waals surface area contributed by atoms with Crippen molar-refractivity contribution in [2.75, 3.05) is 0 Å². The van der Waals surface area contributed by atoms with Gasteiger partial charge in [-0.15, -0.1) is 5.10 Å². The second-order valence-corrected chi connectivity index (χ2v) is 3.42. The highest BCUT2D eigenvalue weighted by atomic mass is 32.1. The zero-order valence-electron chi connectivity index (χ0n) is 6.03. The molecule has 60 valence electrons. The Balaban J connectivity index is 2.11. The first kappa shape index (κ1) is 7.15. The third-order valence-corrected chi connectivity index (χ3v) is 2.49. The Hall–Kier alpha value is -0.520. The lowest BCUT2D eigenvalue weighted by molar-refractivity contribution is 0.484. The summed E-state index contributed by atoms with van der Waals surface area (Å²) in [6, 6.07) is 0.230. The van der Waals surface area contributed by atoms with E-state index < -0.39 is 0 Å². The Labute approximate surface area is 68.9 Å². The molecule has 0 spiro atoms. The van der Waals surface area contributed by atoms with Gasteiger partial charge >= 0.3 is 0 Å². The molecular weight excluding hydrogens is 160 g/mol. The second-order valence-electron chi connectivity index (χ2n) is 2.81. The molecule has 0 saturated heterocycles. The van der Waals surface area contributed by atoms with Crippen molar-refractivity contribution >= 4 is 11.5 Å². The predicted molar refractivity (Wildman–Crippen MR) is 42.7 cm³/mol. The molecule has 2 rings (SSSR count). The molecule has 11 heavy (non-hydrogen) atoms. The van der Waals surface area contributed by atoms with Crippen LogP contribution in [0.2, 0.25) is 0 Å². The normalized spacial score (nSPS) is 20.1. The number of nitrogens with two attached hydrogens (primary N) is 1. The highest BCUT2D eigenvalue weighted by molar-refractivity contribution is 7.03. The quantitative estimate of drug-likeness (QED) is 0.510. The topological polar surface area (TPSA) is 63.8 Å². The van der Waals surface area contributed by atoms with E-state index in [4.69, 9.17) is 5.84 Å². The molecule has 1 unspecified atom stereocenters. The second kappa shape index (κ2) is 2.84. The van der Waals surface area contributed by atoms with Crippen LogP contribution in [0.1, 0.15) is 24.6 Å². The molecule has 4 nitrogen and oxygen atoms in total. The van der Waals surface area contributed by atoms with Gasteiger partial charge in [0.1, 0.15) is 0 Å². The first-order valence-corrected chi connectivity index (χ1v) is 4.48. The Morgan fingerprint density at radius 1 is 1.73 bits per heavy atom. The van der Waals surface area contributed by atoms with Crippen LogP contribution in [-0.2, 0) is 0 Å². The molecular formula is C6H10N4S. The van der Waals surface area contributed by atoms with Gasteiger partial charge in [0.25, 0.3) is 0 Å². The van der Waals surface area contributed by atoms with E-state index in [1.165, 1.54) is 24.4 Å². The van der Waals surface area contributed by atoms with E-state index in [0.29, 0.717) is 5.92 Å². The third-order valence-electron chi connectivity index (χ3n) is 1.97. The maximum Gasteiger partial charge on any atom is 0.0941 e. The lowest BCUT2D eigenvalue weighted by atomic mass is 10.1. The fourth-order valence-corrected chi connectivity index (χ4v) is 1.69. The summed E-state index contributed by atoms with van der Waals surface area (Å²) in [5.74, 6) is 6.08. The monoisotopic (exact) mass is 170 g/mol. The Bertz CT molecular complexity index is 218. The zero-order valence-corrected chi connectivity index (χ0v) is 6.84. The van der Waals surface area contributed by atoms with Crippen molar-refractivity contribution in [2.24, 2.45) is 11.8 Å². The highest BCUT2D eigenvalue weighted by Gasteiger charge is 2.32. The fraction of sp³-hybridized carbons (Fsp3) is 0.667. The summed E-state index contributed by atoms with van der Waals surface area (Å²) >= 11 is 1.37. The van der Waals surface area contributed by atoms with Gasteiger partial charge in [0.15, 0.2) is 0 Å². The lowest BCUT2D eigenvalue weighted by Crippen LogP contribution is -2.29. The average Bonchev–Trinajstić information content (AvgIpc) is 2.68. The minimum atomic E-state index is 0.230. The van der Waals surface area contributed by atoms with E-state index in [9.17, 15) is 0 Å². The summed E-state index contributed by atoms with van der Waals surface area (Å²) in [6.07, 6.45) is 2.51. The van der Waals surface area contributed by atoms with Crippen molar-refractivity contribution in [1.82, 2.24) is 15.0 Å². The first-order valence-electron chi connectivity index (χ1n) is 3.65. The third kappa shape index (κ3) is 1.40. The molecule has 3 N–H and O–H groups in total. The van der Waals surface area contributed by atoms with Gasteiger partial charge < -0.3 is 0 Å². The van der Waals surface area contributed by atoms with Crippen LogP contribution >= 0.6 is 11.5 Å². The average molecular weight is 170 g/mol. The van der Waals surface area contributed by atoms with Crippen LogP contribution in [-0.4, -0.2) is 9.59 Å². The van der Waals surface area contributed by atoms with Crippen LogP contribution in [0.15, 0.2) is 5.38 Å². The van der Waals surface area contributed by atoms with E-state index in [2.05, 4.69) is 15.0 Å². The summed E-state index contributed by atoms with van der Waals surface area (Å²) in [5.41, 5.74) is 3.76. The van der Waals surface area contributed by atoms with Crippen molar-refractivity contribution in [3.63, 3.8) is 0 Å². The predicted octanol–water partition coefficient (Wildman–Crippen LogP) is 0.452. The minimum Gasteiger partial charge on any atom is -0.271 e. The summed E-state index contributed by atoms with van der Waals surface area (Å²) in [5, 5.41) is 5.92. The maximum atomic E-state index is 5.39. The molecule has 1 aromatic heterocycles. The summed E-state index contributed by atoms with van der Waals surface area (Å²) in [4.78, 5) is 0. The Morgan fingerprint density at radius 2 is 2.55 bits per heavy atom. The molecule has 0 bridgehead atoms. The van der Waals surface area contributed by atoms with Gasteiger partial charge in [-0.25, -0.2) is 0 Å². The van der Waals surface area contributed by atoms with Crippen LogP contribution in [0.3, 0.4) is 0 Å². The van der Waals surface area contributed by atoms with Gasteiger partial charge in [0, 0.05) is 5.38 Å². The number of nitrogens with zero attached hydrogens (tertiary/aromatic N) is 2. The summed E-state index contributed by atoms with van der Waals surface area (Å²) < 4.78 is 3.80. The lowest BCUT2D eigenvalue weighted by Gasteiger charge is -2.09. The Kier molecular flexibility index (Phi) is 1.85. The number of rotatable bonds is 3. The van der Waals surface area contributed by atoms with Crippen molar-refractivity contribution in [3.8, 4) is 0 Å². The molecule has 1 saturated carbocycles. The van der Waals surface area contributed by atoms with Gasteiger partial charge in [-0.1, -0.05) is 4.49 Å². The summed E-state index contributed by atoms with van der Waals surface area (Å²) in [6.45, 7) is 0. The maximum absolute atomic E-state index is 5.39. The molecule has 0 amide bonds. The van der Waals surface area contributed by atoms with Crippen LogP contribution in [0.4, 0.5) is 0 Å². The SMILES string of the molecule is NNC(c1csnn1)C1CC1. The molecule has 1 atom stereocenters. The highest BCUT2D eigenvalue weighted by Crippen LogP contribution is 2.39. The van der Waals surface area contributed by atoms with Gasteiger partial charge in [0.05, 0.1) is 11.7 Å². The standard InChI is InChI=1S/C6H10N4S/c7-8-6(4-1-2-4)5-3-11-10-9-5/h3-4,6,8H,1-2,7H2. The largest absolute Gasteiger partial charge is 0.271 e. The number of nitrogens with one attached hydrogen (secondary N) is 1. The van der Waals surface area contributed by atoms with Gasteiger partial charge in [0.2, 0.25) is 0 Å². The van der Waals surface area contributed by atoms with Gasteiger partial charge in [-0.2, -0.15) is 0 Å². The van der Waals surface area contributed by atoms with Crippen LogP contribution < -0.4 is 11.3 Å². The smallest absolute Gasteiger partial charge is 0.0941 e. The fourth-order valence-electron chi connectivity index (χ4n) is 1.20. The van der Waals surface area contributed by atoms with Gasteiger partial charge in [-0.3, -0.25) is 11.3 Å². The van der Waals surface area contributed by atoms with E-state index >= 15 is 0 Å². The van der Waals surface area contributed by atoms with E-state index in [1.807, 2.05) is 5.38 Å². The number of hydrogen-bond acceptors (Lipinski definition) is 5. The van der Waals surface area contributed by atoms with E-state index in [1.54, 1.807) is 0 Å². The molecule has 1 aliphatic carbocycles.